The van der Waals surface area contributed by atoms with E-state index >= 15 is 0 Å². The Labute approximate surface area is 201 Å². The molecule has 1 N–H and O–H groups in total. The molecule has 0 aliphatic rings. The van der Waals surface area contributed by atoms with E-state index in [1.807, 2.05) is 32.3 Å². The second kappa shape index (κ2) is 8.26. The van der Waals surface area contributed by atoms with E-state index in [-0.39, 0.29) is 5.75 Å². The normalized spacial score (nSPS) is 11.8. The van der Waals surface area contributed by atoms with Gasteiger partial charge < -0.3 is 9.67 Å². The van der Waals surface area contributed by atoms with Gasteiger partial charge in [-0.2, -0.15) is 0 Å². The maximum atomic E-state index is 10.5. The molecular weight excluding hydrogens is 434 g/mol. The first-order chi connectivity index (χ1) is 16.2. The topological polar surface area (TPSA) is 50.9 Å². The van der Waals surface area contributed by atoms with Gasteiger partial charge in [-0.25, -0.2) is 4.98 Å². The van der Waals surface area contributed by atoms with Gasteiger partial charge in [0.05, 0.1) is 30.4 Å². The van der Waals surface area contributed by atoms with Gasteiger partial charge in [-0.15, -0.1) is 0 Å². The molecule has 0 aliphatic heterocycles. The molecule has 0 radical (unpaired) electrons. The number of fused-ring (bicyclic) bond motifs is 1. The van der Waals surface area contributed by atoms with Crippen molar-refractivity contribution in [3.63, 3.8) is 0 Å². The highest BCUT2D eigenvalue weighted by Gasteiger charge is 2.18. The van der Waals surface area contributed by atoms with Crippen molar-refractivity contribution in [2.75, 3.05) is 0 Å². The molecule has 2 aromatic heterocycles. The van der Waals surface area contributed by atoms with Crippen LogP contribution < -0.4 is 5.19 Å². The third kappa shape index (κ3) is 3.92. The van der Waals surface area contributed by atoms with Crippen LogP contribution in [0, 0.1) is 6.92 Å². The molecule has 5 aromatic rings. The van der Waals surface area contributed by atoms with Crippen molar-refractivity contribution in [3.8, 4) is 39.5 Å². The lowest BCUT2D eigenvalue weighted by molar-refractivity contribution is 0.476. The molecule has 0 amide bonds. The second-order valence-electron chi connectivity index (χ2n) is 9.95. The monoisotopic (exact) mass is 463 g/mol. The zero-order valence-corrected chi connectivity index (χ0v) is 21.3. The predicted octanol–water partition coefficient (Wildman–Crippen LogP) is 6.53. The number of aryl methyl sites for hydroxylation is 2. The minimum absolute atomic E-state index is 0.237. The average Bonchev–Trinajstić information content (AvgIpc) is 3.16. The minimum Gasteiger partial charge on any atom is -0.507 e. The lowest BCUT2D eigenvalue weighted by Gasteiger charge is -2.17. The molecule has 5 heteroatoms. The van der Waals surface area contributed by atoms with E-state index in [0.717, 1.165) is 50.4 Å². The number of aromatic nitrogens is 3. The number of imidazole rings is 1. The molecule has 2 heterocycles. The number of rotatable bonds is 4. The largest absolute Gasteiger partial charge is 0.507 e. The van der Waals surface area contributed by atoms with E-state index in [0.29, 0.717) is 0 Å². The van der Waals surface area contributed by atoms with Crippen LogP contribution in [0.25, 0.3) is 44.8 Å². The van der Waals surface area contributed by atoms with Crippen molar-refractivity contribution >= 4 is 24.3 Å². The second-order valence-corrected chi connectivity index (χ2v) is 15.0. The zero-order chi connectivity index (χ0) is 24.0. The Morgan fingerprint density at radius 2 is 1.59 bits per heavy atom. The first kappa shape index (κ1) is 22.1. The molecule has 0 bridgehead atoms. The summed E-state index contributed by atoms with van der Waals surface area (Å²) in [7, 11) is 0.569. The molecule has 0 fully saturated rings. The fourth-order valence-electron chi connectivity index (χ4n) is 4.42. The molecule has 4 nitrogen and oxygen atoms in total. The first-order valence-corrected chi connectivity index (χ1v) is 15.0. The fraction of sp³-hybridized carbons (Fsp3) is 0.172. The summed E-state index contributed by atoms with van der Waals surface area (Å²) in [6.07, 6.45) is 1.93. The number of phenols is 1. The molecule has 0 aliphatic carbocycles. The highest BCUT2D eigenvalue weighted by molar-refractivity contribution is 6.88. The van der Waals surface area contributed by atoms with Crippen LogP contribution in [0.15, 0.2) is 79.0 Å². The van der Waals surface area contributed by atoms with Crippen molar-refractivity contribution in [2.45, 2.75) is 26.6 Å². The number of hydrogen-bond acceptors (Lipinski definition) is 3. The van der Waals surface area contributed by atoms with Gasteiger partial charge in [0, 0.05) is 24.4 Å². The van der Waals surface area contributed by atoms with Crippen molar-refractivity contribution in [3.05, 3.63) is 84.6 Å². The van der Waals surface area contributed by atoms with Crippen LogP contribution in [0.4, 0.5) is 0 Å². The highest BCUT2D eigenvalue weighted by Crippen LogP contribution is 2.35. The summed E-state index contributed by atoms with van der Waals surface area (Å²) in [6.45, 7) is 9.09. The SMILES string of the molecule is Cc1ccc(O)c(-c2nc3c(-c4cccc(-c5cc([Si](C)(C)C)ccn5)c4)cccc3n2C)c1. The maximum absolute atomic E-state index is 10.5. The number of phenolic OH excluding ortho intramolecular Hbond substituents is 1. The van der Waals surface area contributed by atoms with Crippen LogP contribution in [-0.4, -0.2) is 27.7 Å². The third-order valence-electron chi connectivity index (χ3n) is 6.40. The summed E-state index contributed by atoms with van der Waals surface area (Å²) < 4.78 is 2.05. The summed E-state index contributed by atoms with van der Waals surface area (Å²) in [5, 5.41) is 11.9. The smallest absolute Gasteiger partial charge is 0.144 e. The number of nitrogens with zero attached hydrogens (tertiary/aromatic N) is 3. The van der Waals surface area contributed by atoms with Crippen LogP contribution in [0.1, 0.15) is 5.56 Å². The summed E-state index contributed by atoms with van der Waals surface area (Å²) >= 11 is 0. The van der Waals surface area contributed by atoms with E-state index in [1.54, 1.807) is 6.07 Å². The Kier molecular flexibility index (Phi) is 5.37. The van der Waals surface area contributed by atoms with Gasteiger partial charge in [0.1, 0.15) is 11.6 Å². The molecule has 170 valence electrons. The number of para-hydroxylation sites is 1. The average molecular weight is 464 g/mol. The highest BCUT2D eigenvalue weighted by atomic mass is 28.3. The molecule has 0 spiro atoms. The Morgan fingerprint density at radius 1 is 0.824 bits per heavy atom. The van der Waals surface area contributed by atoms with Crippen molar-refractivity contribution in [1.82, 2.24) is 14.5 Å². The summed E-state index contributed by atoms with van der Waals surface area (Å²) in [4.78, 5) is 9.67. The van der Waals surface area contributed by atoms with Gasteiger partial charge in [0.2, 0.25) is 0 Å². The van der Waals surface area contributed by atoms with Crippen LogP contribution in [0.5, 0.6) is 5.75 Å². The lowest BCUT2D eigenvalue weighted by Crippen LogP contribution is -2.37. The predicted molar refractivity (Wildman–Crippen MR) is 144 cm³/mol. The Balaban J connectivity index is 1.65. The van der Waals surface area contributed by atoms with Gasteiger partial charge >= 0.3 is 0 Å². The number of pyridine rings is 1. The minimum atomic E-state index is -1.43. The van der Waals surface area contributed by atoms with E-state index in [4.69, 9.17) is 4.98 Å². The molecule has 0 atom stereocenters. The van der Waals surface area contributed by atoms with Crippen LogP contribution in [0.2, 0.25) is 19.6 Å². The summed E-state index contributed by atoms with van der Waals surface area (Å²) in [6, 6.07) is 24.8. The zero-order valence-electron chi connectivity index (χ0n) is 20.3. The fourth-order valence-corrected chi connectivity index (χ4v) is 5.56. The summed E-state index contributed by atoms with van der Waals surface area (Å²) in [5.74, 6) is 0.991. The van der Waals surface area contributed by atoms with Gasteiger partial charge in [-0.1, -0.05) is 66.8 Å². The molecule has 34 heavy (non-hydrogen) atoms. The van der Waals surface area contributed by atoms with E-state index in [2.05, 4.69) is 83.8 Å². The number of hydrogen-bond donors (Lipinski definition) is 1. The Bertz CT molecular complexity index is 1530. The number of aromatic hydroxyl groups is 1. The molecule has 0 saturated heterocycles. The molecular formula is C29H29N3OSi. The third-order valence-corrected chi connectivity index (χ3v) is 8.44. The molecule has 3 aromatic carbocycles. The van der Waals surface area contributed by atoms with Gasteiger partial charge in [-0.05, 0) is 48.9 Å². The van der Waals surface area contributed by atoms with Crippen molar-refractivity contribution in [1.29, 1.82) is 0 Å². The van der Waals surface area contributed by atoms with Gasteiger partial charge in [0.25, 0.3) is 0 Å². The van der Waals surface area contributed by atoms with E-state index < -0.39 is 8.07 Å². The lowest BCUT2D eigenvalue weighted by atomic mass is 10.0. The quantitative estimate of drug-likeness (QED) is 0.308. The summed E-state index contributed by atoms with van der Waals surface area (Å²) in [5.41, 5.74) is 8.03. The number of benzene rings is 3. The van der Waals surface area contributed by atoms with E-state index in [1.165, 1.54) is 5.19 Å². The van der Waals surface area contributed by atoms with Crippen LogP contribution >= 0.6 is 0 Å². The first-order valence-electron chi connectivity index (χ1n) is 11.5. The Morgan fingerprint density at radius 3 is 2.38 bits per heavy atom. The Hall–Kier alpha value is -3.70. The van der Waals surface area contributed by atoms with Crippen LogP contribution in [-0.2, 0) is 7.05 Å². The van der Waals surface area contributed by atoms with Gasteiger partial charge in [-0.3, -0.25) is 4.98 Å². The van der Waals surface area contributed by atoms with Crippen LogP contribution in [0.3, 0.4) is 0 Å². The van der Waals surface area contributed by atoms with Gasteiger partial charge in [0.15, 0.2) is 0 Å². The standard InChI is InChI=1S/C29H29N3OSi/c1-19-12-13-27(33)24(16-19)29-31-28-23(10-7-11-26(28)32(29)2)20-8-6-9-21(17-20)25-18-22(14-15-30-25)34(3,4)5/h6-18,33H,1-5H3. The maximum Gasteiger partial charge on any atom is 0.144 e. The molecule has 0 unspecified atom stereocenters. The molecule has 5 rings (SSSR count). The molecule has 0 saturated carbocycles. The van der Waals surface area contributed by atoms with E-state index in [9.17, 15) is 5.11 Å². The van der Waals surface area contributed by atoms with Crippen molar-refractivity contribution < 1.29 is 5.11 Å². The van der Waals surface area contributed by atoms with Crippen molar-refractivity contribution in [2.24, 2.45) is 7.05 Å².